The highest BCUT2D eigenvalue weighted by Gasteiger charge is 2.41. The molecule has 0 fully saturated rings. The third kappa shape index (κ3) is 1.26. The summed E-state index contributed by atoms with van der Waals surface area (Å²) >= 11 is 0. The van der Waals surface area contributed by atoms with Crippen molar-refractivity contribution in [2.45, 2.75) is 37.9 Å². The first-order valence-corrected chi connectivity index (χ1v) is 9.38. The summed E-state index contributed by atoms with van der Waals surface area (Å²) in [5, 5.41) is 1.80. The van der Waals surface area contributed by atoms with Crippen molar-refractivity contribution in [3.8, 4) is 0 Å². The topological polar surface area (TPSA) is 0 Å². The molecular formula is C14H18Si. The van der Waals surface area contributed by atoms with Crippen molar-refractivity contribution in [2.75, 3.05) is 0 Å². The number of allylic oxidation sites excluding steroid dienone is 2. The molecule has 1 aromatic rings. The van der Waals surface area contributed by atoms with Crippen LogP contribution in [0.1, 0.15) is 29.4 Å². The predicted octanol–water partition coefficient (Wildman–Crippen LogP) is 4.07. The Morgan fingerprint density at radius 3 is 2.40 bits per heavy atom. The van der Waals surface area contributed by atoms with E-state index in [0.29, 0.717) is 0 Å². The van der Waals surface area contributed by atoms with Gasteiger partial charge < -0.3 is 0 Å². The van der Waals surface area contributed by atoms with Crippen molar-refractivity contribution >= 4 is 8.07 Å². The van der Waals surface area contributed by atoms with Gasteiger partial charge in [0.1, 0.15) is 0 Å². The maximum atomic E-state index is 2.58. The van der Waals surface area contributed by atoms with Crippen molar-refractivity contribution in [2.24, 2.45) is 0 Å². The average Bonchev–Trinajstić information content (AvgIpc) is 2.74. The molecular weight excluding hydrogens is 196 g/mol. The first-order chi connectivity index (χ1) is 7.07. The molecule has 0 nitrogen and oxygen atoms in total. The Morgan fingerprint density at radius 2 is 1.73 bits per heavy atom. The van der Waals surface area contributed by atoms with Gasteiger partial charge in [-0.05, 0) is 17.5 Å². The number of benzene rings is 1. The van der Waals surface area contributed by atoms with E-state index in [0.717, 1.165) is 11.8 Å². The van der Waals surface area contributed by atoms with Crippen LogP contribution in [0.25, 0.3) is 0 Å². The van der Waals surface area contributed by atoms with E-state index in [-0.39, 0.29) is 0 Å². The van der Waals surface area contributed by atoms with Crippen LogP contribution in [-0.4, -0.2) is 8.07 Å². The SMILES string of the molecule is C[Si](C)(C)C1=C[C@H]2C[C@H]1c1ccccc12. The van der Waals surface area contributed by atoms with Crippen LogP contribution in [0.3, 0.4) is 0 Å². The van der Waals surface area contributed by atoms with E-state index >= 15 is 0 Å². The molecule has 0 amide bonds. The molecule has 1 aromatic carbocycles. The molecule has 0 aromatic heterocycles. The molecule has 0 unspecified atom stereocenters. The highest BCUT2D eigenvalue weighted by atomic mass is 28.3. The van der Waals surface area contributed by atoms with E-state index in [1.165, 1.54) is 6.42 Å². The molecule has 3 rings (SSSR count). The molecule has 2 aliphatic rings. The molecule has 2 bridgehead atoms. The van der Waals surface area contributed by atoms with Gasteiger partial charge in [0.15, 0.2) is 0 Å². The van der Waals surface area contributed by atoms with Crippen LogP contribution in [-0.2, 0) is 0 Å². The Kier molecular flexibility index (Phi) is 1.79. The maximum Gasteiger partial charge on any atom is 0.0728 e. The minimum Gasteiger partial charge on any atom is -0.0810 e. The van der Waals surface area contributed by atoms with E-state index in [9.17, 15) is 0 Å². The molecule has 0 saturated carbocycles. The van der Waals surface area contributed by atoms with E-state index < -0.39 is 8.07 Å². The predicted molar refractivity (Wildman–Crippen MR) is 68.0 cm³/mol. The van der Waals surface area contributed by atoms with Crippen LogP contribution in [0, 0.1) is 0 Å². The molecule has 2 atom stereocenters. The lowest BCUT2D eigenvalue weighted by Gasteiger charge is -2.26. The molecule has 2 aliphatic carbocycles. The van der Waals surface area contributed by atoms with Crippen LogP contribution < -0.4 is 0 Å². The first-order valence-electron chi connectivity index (χ1n) is 5.88. The standard InChI is InChI=1S/C14H18Si/c1-15(2,3)14-9-10-8-13(14)12-7-5-4-6-11(10)12/h4-7,9-10,13H,8H2,1-3H3/t10-,13+/m1/s1. The van der Waals surface area contributed by atoms with Gasteiger partial charge in [-0.1, -0.05) is 55.2 Å². The molecule has 0 saturated heterocycles. The van der Waals surface area contributed by atoms with Gasteiger partial charge in [0.05, 0.1) is 8.07 Å². The molecule has 0 heterocycles. The molecule has 0 N–H and O–H groups in total. The zero-order valence-corrected chi connectivity index (χ0v) is 10.7. The van der Waals surface area contributed by atoms with E-state index in [1.54, 1.807) is 16.3 Å². The molecule has 15 heavy (non-hydrogen) atoms. The van der Waals surface area contributed by atoms with E-state index in [4.69, 9.17) is 0 Å². The van der Waals surface area contributed by atoms with Crippen molar-refractivity contribution in [3.05, 3.63) is 46.7 Å². The molecule has 78 valence electrons. The molecule has 0 radical (unpaired) electrons. The van der Waals surface area contributed by atoms with Gasteiger partial charge >= 0.3 is 0 Å². The quantitative estimate of drug-likeness (QED) is 0.618. The summed E-state index contributed by atoms with van der Waals surface area (Å²) in [6.45, 7) is 7.42. The van der Waals surface area contributed by atoms with E-state index in [1.807, 2.05) is 0 Å². The molecule has 1 heteroatoms. The third-order valence-corrected chi connectivity index (χ3v) is 6.13. The van der Waals surface area contributed by atoms with Gasteiger partial charge in [0, 0.05) is 11.8 Å². The van der Waals surface area contributed by atoms with Gasteiger partial charge in [-0.3, -0.25) is 0 Å². The highest BCUT2D eigenvalue weighted by molar-refractivity contribution is 6.83. The Morgan fingerprint density at radius 1 is 1.07 bits per heavy atom. The minimum absolute atomic E-state index is 0.743. The number of fused-ring (bicyclic) bond motifs is 5. The van der Waals surface area contributed by atoms with Crippen LogP contribution in [0.4, 0.5) is 0 Å². The van der Waals surface area contributed by atoms with Crippen molar-refractivity contribution < 1.29 is 0 Å². The van der Waals surface area contributed by atoms with Crippen LogP contribution >= 0.6 is 0 Å². The fourth-order valence-electron chi connectivity index (χ4n) is 3.23. The third-order valence-electron chi connectivity index (χ3n) is 3.88. The Balaban J connectivity index is 2.09. The summed E-state index contributed by atoms with van der Waals surface area (Å²) in [6, 6.07) is 9.04. The van der Waals surface area contributed by atoms with Crippen LogP contribution in [0.2, 0.25) is 19.6 Å². The number of hydrogen-bond acceptors (Lipinski definition) is 0. The monoisotopic (exact) mass is 214 g/mol. The second kappa shape index (κ2) is 2.85. The zero-order valence-electron chi connectivity index (χ0n) is 9.75. The summed E-state index contributed by atoms with van der Waals surface area (Å²) in [5.74, 6) is 1.52. The van der Waals surface area contributed by atoms with Crippen LogP contribution in [0.15, 0.2) is 35.5 Å². The van der Waals surface area contributed by atoms with Gasteiger partial charge in [0.2, 0.25) is 0 Å². The first kappa shape index (κ1) is 9.41. The Labute approximate surface area is 93.0 Å². The van der Waals surface area contributed by atoms with Gasteiger partial charge in [-0.2, -0.15) is 0 Å². The lowest BCUT2D eigenvalue weighted by atomic mass is 9.97. The second-order valence-corrected chi connectivity index (χ2v) is 11.0. The van der Waals surface area contributed by atoms with Crippen molar-refractivity contribution in [3.63, 3.8) is 0 Å². The van der Waals surface area contributed by atoms with Gasteiger partial charge in [-0.15, -0.1) is 0 Å². The van der Waals surface area contributed by atoms with Crippen molar-refractivity contribution in [1.29, 1.82) is 0 Å². The summed E-state index contributed by atoms with van der Waals surface area (Å²) in [5.41, 5.74) is 3.23. The number of hydrogen-bond donors (Lipinski definition) is 0. The van der Waals surface area contributed by atoms with Gasteiger partial charge in [-0.25, -0.2) is 0 Å². The largest absolute Gasteiger partial charge is 0.0810 e. The summed E-state index contributed by atoms with van der Waals surface area (Å²) in [7, 11) is -1.09. The lowest BCUT2D eigenvalue weighted by Crippen LogP contribution is -2.27. The normalized spacial score (nSPS) is 27.8. The summed E-state index contributed by atoms with van der Waals surface area (Å²) in [6.07, 6.45) is 3.94. The average molecular weight is 214 g/mol. The number of rotatable bonds is 1. The van der Waals surface area contributed by atoms with E-state index in [2.05, 4.69) is 50.0 Å². The lowest BCUT2D eigenvalue weighted by molar-refractivity contribution is 0.796. The minimum atomic E-state index is -1.09. The fraction of sp³-hybridized carbons (Fsp3) is 0.429. The smallest absolute Gasteiger partial charge is 0.0728 e. The van der Waals surface area contributed by atoms with Gasteiger partial charge in [0.25, 0.3) is 0 Å². The van der Waals surface area contributed by atoms with Crippen LogP contribution in [0.5, 0.6) is 0 Å². The zero-order chi connectivity index (χ0) is 10.6. The Bertz CT molecular complexity index is 437. The van der Waals surface area contributed by atoms with Crippen molar-refractivity contribution in [1.82, 2.24) is 0 Å². The summed E-state index contributed by atoms with van der Waals surface area (Å²) in [4.78, 5) is 0. The molecule has 0 aliphatic heterocycles. The summed E-state index contributed by atoms with van der Waals surface area (Å²) < 4.78 is 0. The highest BCUT2D eigenvalue weighted by Crippen LogP contribution is 2.54. The second-order valence-electron chi connectivity index (χ2n) is 5.90. The molecule has 0 spiro atoms. The Hall–Kier alpha value is -0.823. The maximum absolute atomic E-state index is 2.58. The fourth-order valence-corrected chi connectivity index (χ4v) is 5.25.